The van der Waals surface area contributed by atoms with Crippen LogP contribution < -0.4 is 14.8 Å². The number of methoxy groups -OCH3 is 1. The van der Waals surface area contributed by atoms with Crippen LogP contribution in [0, 0.1) is 17.8 Å². The third-order valence-corrected chi connectivity index (χ3v) is 10.7. The molecule has 2 amide bonds. The monoisotopic (exact) mass is 666 g/mol. The van der Waals surface area contributed by atoms with Gasteiger partial charge in [0.1, 0.15) is 38.9 Å². The fraction of sp³-hybridized carbons (Fsp3) is 0.500. The Kier molecular flexibility index (Phi) is 9.00. The first-order valence-corrected chi connectivity index (χ1v) is 17.0. The van der Waals surface area contributed by atoms with Gasteiger partial charge >= 0.3 is 5.97 Å². The van der Waals surface area contributed by atoms with Crippen molar-refractivity contribution in [3.8, 4) is 22.2 Å². The van der Waals surface area contributed by atoms with Gasteiger partial charge in [-0.1, -0.05) is 37.6 Å². The number of benzene rings is 1. The average molecular weight is 667 g/mol. The van der Waals surface area contributed by atoms with Crippen molar-refractivity contribution in [1.82, 2.24) is 20.2 Å². The lowest BCUT2D eigenvalue weighted by molar-refractivity contribution is -0.145. The van der Waals surface area contributed by atoms with E-state index < -0.39 is 35.4 Å². The van der Waals surface area contributed by atoms with Gasteiger partial charge in [-0.25, -0.2) is 14.8 Å². The Bertz CT molecular complexity index is 1710. The highest BCUT2D eigenvalue weighted by Crippen LogP contribution is 2.47. The van der Waals surface area contributed by atoms with E-state index in [1.807, 2.05) is 29.7 Å². The highest BCUT2D eigenvalue weighted by Gasteiger charge is 2.61. The third-order valence-electron chi connectivity index (χ3n) is 9.47. The highest BCUT2D eigenvalue weighted by molar-refractivity contribution is 7.13. The van der Waals surface area contributed by atoms with Gasteiger partial charge in [0.15, 0.2) is 0 Å². The van der Waals surface area contributed by atoms with E-state index in [2.05, 4.69) is 19.2 Å². The number of hydrogen-bond acceptors (Lipinski definition) is 8. The molecule has 0 bridgehead atoms. The molecule has 6 rings (SSSR count). The molecule has 2 fully saturated rings. The zero-order valence-corrected chi connectivity index (χ0v) is 28.0. The molecule has 10 nitrogen and oxygen atoms in total. The molecular formula is C34H39ClN4O6S. The van der Waals surface area contributed by atoms with Crippen LogP contribution in [0.2, 0.25) is 5.02 Å². The van der Waals surface area contributed by atoms with Crippen LogP contribution in [0.5, 0.6) is 11.5 Å². The van der Waals surface area contributed by atoms with E-state index in [0.29, 0.717) is 52.5 Å². The molecule has 0 saturated heterocycles. The molecule has 2 aliphatic carbocycles. The maximum absolute atomic E-state index is 13.8. The van der Waals surface area contributed by atoms with Gasteiger partial charge in [0.2, 0.25) is 11.8 Å². The Morgan fingerprint density at radius 1 is 1.17 bits per heavy atom. The van der Waals surface area contributed by atoms with E-state index in [0.717, 1.165) is 30.0 Å². The van der Waals surface area contributed by atoms with Gasteiger partial charge in [-0.15, -0.1) is 11.3 Å². The second kappa shape index (κ2) is 12.8. The van der Waals surface area contributed by atoms with E-state index in [-0.39, 0.29) is 24.2 Å². The molecule has 2 N–H and O–H groups in total. The summed E-state index contributed by atoms with van der Waals surface area (Å²) in [5, 5.41) is 16.7. The van der Waals surface area contributed by atoms with E-state index in [1.165, 1.54) is 11.3 Å². The number of carbonyl (C=O) groups excluding carboxylic acids is 2. The molecule has 1 aromatic carbocycles. The quantitative estimate of drug-likeness (QED) is 0.303. The summed E-state index contributed by atoms with van der Waals surface area (Å²) in [6.45, 7) is 4.74. The van der Waals surface area contributed by atoms with Gasteiger partial charge in [0.25, 0.3) is 0 Å². The second-order valence-electron chi connectivity index (χ2n) is 12.9. The summed E-state index contributed by atoms with van der Waals surface area (Å²) in [6.07, 6.45) is 6.79. The van der Waals surface area contributed by atoms with E-state index in [4.69, 9.17) is 31.0 Å². The number of nitrogens with zero attached hydrogens (tertiary/aromatic N) is 3. The Morgan fingerprint density at radius 2 is 1.96 bits per heavy atom. The predicted octanol–water partition coefficient (Wildman–Crippen LogP) is 6.08. The van der Waals surface area contributed by atoms with Crippen LogP contribution in [0.15, 0.2) is 35.7 Å². The topological polar surface area (TPSA) is 131 Å². The molecule has 12 heteroatoms. The van der Waals surface area contributed by atoms with Crippen LogP contribution in [0.4, 0.5) is 0 Å². The van der Waals surface area contributed by atoms with Gasteiger partial charge in [0.05, 0.1) is 30.2 Å². The number of carboxylic acids is 1. The number of rotatable bonds is 6. The number of nitrogens with one attached hydrogen (secondary N) is 1. The van der Waals surface area contributed by atoms with Gasteiger partial charge in [-0.05, 0) is 56.6 Å². The van der Waals surface area contributed by atoms with Crippen molar-refractivity contribution in [2.45, 2.75) is 69.9 Å². The third kappa shape index (κ3) is 6.07. The van der Waals surface area contributed by atoms with Crippen molar-refractivity contribution in [1.29, 1.82) is 0 Å². The second-order valence-corrected chi connectivity index (χ2v) is 14.1. The summed E-state index contributed by atoms with van der Waals surface area (Å²) >= 11 is 8.24. The number of fused-ring (bicyclic) bond motifs is 3. The number of carbonyl (C=O) groups is 3. The zero-order valence-electron chi connectivity index (χ0n) is 26.4. The smallest absolute Gasteiger partial charge is 0.330 e. The number of hydrogen-bond donors (Lipinski definition) is 2. The highest BCUT2D eigenvalue weighted by atomic mass is 35.5. The molecule has 0 radical (unpaired) electrons. The summed E-state index contributed by atoms with van der Waals surface area (Å²) in [6, 6.07) is 5.42. The SMILES string of the molecule is COc1ccc2c(OC3CC4C(=O)NC5(C(=O)O)CC5/C=C/CCCCN(C)C(=O)C4C3)cc(-c3nc(C(C)C)cs3)nc2c1Cl. The average Bonchev–Trinajstić information content (AvgIpc) is 3.33. The van der Waals surface area contributed by atoms with Crippen LogP contribution in [0.1, 0.15) is 64.0 Å². The molecule has 5 atom stereocenters. The number of ether oxygens (including phenoxy) is 2. The molecule has 46 heavy (non-hydrogen) atoms. The van der Waals surface area contributed by atoms with Gasteiger partial charge in [-0.2, -0.15) is 0 Å². The number of pyridine rings is 1. The number of halogens is 1. The molecule has 3 heterocycles. The van der Waals surface area contributed by atoms with Crippen molar-refractivity contribution in [3.63, 3.8) is 0 Å². The number of allylic oxidation sites excluding steroid dienone is 1. The predicted molar refractivity (Wildman–Crippen MR) is 176 cm³/mol. The molecule has 244 valence electrons. The van der Waals surface area contributed by atoms with Gasteiger partial charge in [-0.3, -0.25) is 9.59 Å². The summed E-state index contributed by atoms with van der Waals surface area (Å²) in [5.41, 5.74) is 0.705. The van der Waals surface area contributed by atoms with Crippen LogP contribution in [0.3, 0.4) is 0 Å². The summed E-state index contributed by atoms with van der Waals surface area (Å²) in [7, 11) is 3.31. The summed E-state index contributed by atoms with van der Waals surface area (Å²) in [4.78, 5) is 51.3. The van der Waals surface area contributed by atoms with Crippen molar-refractivity contribution >= 4 is 51.6 Å². The lowest BCUT2D eigenvalue weighted by Gasteiger charge is -2.26. The minimum absolute atomic E-state index is 0.132. The molecule has 2 aromatic heterocycles. The molecule has 1 aliphatic heterocycles. The van der Waals surface area contributed by atoms with Crippen molar-refractivity contribution < 1.29 is 29.0 Å². The Morgan fingerprint density at radius 3 is 2.67 bits per heavy atom. The molecule has 0 spiro atoms. The fourth-order valence-electron chi connectivity index (χ4n) is 6.61. The van der Waals surface area contributed by atoms with Crippen LogP contribution in [0.25, 0.3) is 21.6 Å². The minimum atomic E-state index is -1.34. The lowest BCUT2D eigenvalue weighted by Crippen LogP contribution is -2.49. The van der Waals surface area contributed by atoms with Crippen molar-refractivity contribution in [2.24, 2.45) is 17.8 Å². The number of aromatic nitrogens is 2. The number of amides is 2. The van der Waals surface area contributed by atoms with Crippen LogP contribution >= 0.6 is 22.9 Å². The first-order chi connectivity index (χ1) is 22.0. The number of thiazole rings is 1. The molecule has 3 aliphatic rings. The first-order valence-electron chi connectivity index (χ1n) is 15.8. The molecular weight excluding hydrogens is 628 g/mol. The Labute approximate surface area is 277 Å². The molecule has 2 saturated carbocycles. The summed E-state index contributed by atoms with van der Waals surface area (Å²) in [5.74, 6) is -2.04. The van der Waals surface area contributed by atoms with E-state index >= 15 is 0 Å². The van der Waals surface area contributed by atoms with Crippen LogP contribution in [-0.2, 0) is 14.4 Å². The van der Waals surface area contributed by atoms with Crippen molar-refractivity contribution in [2.75, 3.05) is 20.7 Å². The Balaban J connectivity index is 1.35. The number of aliphatic carboxylic acids is 1. The first kappa shape index (κ1) is 32.2. The van der Waals surface area contributed by atoms with Crippen LogP contribution in [-0.4, -0.2) is 70.1 Å². The molecule has 3 aromatic rings. The lowest BCUT2D eigenvalue weighted by atomic mass is 9.93. The minimum Gasteiger partial charge on any atom is -0.495 e. The van der Waals surface area contributed by atoms with Crippen molar-refractivity contribution in [3.05, 3.63) is 46.4 Å². The Hall–Kier alpha value is -3.70. The zero-order chi connectivity index (χ0) is 32.7. The van der Waals surface area contributed by atoms with E-state index in [9.17, 15) is 19.5 Å². The largest absolute Gasteiger partial charge is 0.495 e. The van der Waals surface area contributed by atoms with Gasteiger partial charge in [0, 0.05) is 36.3 Å². The maximum Gasteiger partial charge on any atom is 0.330 e. The standard InChI is InChI=1S/C34H39ClN4O6S/c1-18(2)25-17-46-31(37-25)24-15-27(21-10-11-26(44-4)28(35)29(21)36-24)45-20-13-22-23(14-20)32(41)39(3)12-8-6-5-7-9-19-16-34(19,33(42)43)38-30(22)40/h7,9-11,15,17-20,22-23H,5-6,8,12-14,16H2,1-4H3,(H,38,40)(H,42,43)/b9-7+. The number of carboxylic acid groups (broad SMARTS) is 1. The molecule has 5 unspecified atom stereocenters. The van der Waals surface area contributed by atoms with E-state index in [1.54, 1.807) is 25.1 Å². The fourth-order valence-corrected chi connectivity index (χ4v) is 7.84. The maximum atomic E-state index is 13.8. The summed E-state index contributed by atoms with van der Waals surface area (Å²) < 4.78 is 12.1. The normalized spacial score (nSPS) is 27.5. The van der Waals surface area contributed by atoms with Gasteiger partial charge < -0.3 is 24.8 Å².